The minimum atomic E-state index is 0.118. The Hall–Kier alpha value is -0.380. The molecular weight excluding hydrogens is 268 g/mol. The monoisotopic (exact) mass is 284 g/mol. The van der Waals surface area contributed by atoms with Gasteiger partial charge in [-0.1, -0.05) is 15.9 Å². The second-order valence-electron chi connectivity index (χ2n) is 4.34. The fourth-order valence-corrected chi connectivity index (χ4v) is 3.14. The van der Waals surface area contributed by atoms with Gasteiger partial charge < -0.3 is 9.84 Å². The minimum absolute atomic E-state index is 0.118. The summed E-state index contributed by atoms with van der Waals surface area (Å²) in [7, 11) is 0. The second-order valence-corrected chi connectivity index (χ2v) is 5.26. The molecule has 1 aliphatic heterocycles. The maximum atomic E-state index is 9.45. The van der Waals surface area contributed by atoms with E-state index < -0.39 is 0 Å². The highest BCUT2D eigenvalue weighted by Gasteiger charge is 2.20. The molecule has 0 unspecified atom stereocenters. The summed E-state index contributed by atoms with van der Waals surface area (Å²) < 4.78 is 6.43. The molecule has 0 spiro atoms. The lowest BCUT2D eigenvalue weighted by Crippen LogP contribution is -2.16. The first kappa shape index (κ1) is 12.1. The van der Waals surface area contributed by atoms with Gasteiger partial charge in [0.15, 0.2) is 0 Å². The van der Waals surface area contributed by atoms with Crippen LogP contribution in [0, 0.1) is 6.92 Å². The molecule has 2 nitrogen and oxygen atoms in total. The topological polar surface area (TPSA) is 29.5 Å². The summed E-state index contributed by atoms with van der Waals surface area (Å²) in [5.74, 6) is 0.545. The van der Waals surface area contributed by atoms with Gasteiger partial charge in [0.1, 0.15) is 0 Å². The zero-order valence-electron chi connectivity index (χ0n) is 9.50. The van der Waals surface area contributed by atoms with Gasteiger partial charge in [-0.15, -0.1) is 0 Å². The molecule has 3 heteroatoms. The number of hydrogen-bond acceptors (Lipinski definition) is 2. The van der Waals surface area contributed by atoms with E-state index in [1.165, 1.54) is 11.1 Å². The summed E-state index contributed by atoms with van der Waals surface area (Å²) in [6.45, 7) is 3.91. The van der Waals surface area contributed by atoms with Crippen LogP contribution in [0.15, 0.2) is 16.6 Å². The lowest BCUT2D eigenvalue weighted by molar-refractivity contribution is 0.0847. The highest BCUT2D eigenvalue weighted by molar-refractivity contribution is 9.10. The van der Waals surface area contributed by atoms with Crippen LogP contribution >= 0.6 is 15.9 Å². The molecule has 0 radical (unpaired) electrons. The molecule has 0 aromatic heterocycles. The molecule has 1 heterocycles. The summed E-state index contributed by atoms with van der Waals surface area (Å²) in [5, 5.41) is 9.45. The van der Waals surface area contributed by atoms with Crippen LogP contribution in [0.2, 0.25) is 0 Å². The van der Waals surface area contributed by atoms with E-state index in [1.54, 1.807) is 0 Å². The molecule has 88 valence electrons. The molecule has 0 atom stereocenters. The fourth-order valence-electron chi connectivity index (χ4n) is 2.52. The first-order chi connectivity index (χ1) is 7.72. The van der Waals surface area contributed by atoms with Gasteiger partial charge in [0, 0.05) is 17.7 Å². The fraction of sp³-hybridized carbons (Fsp3) is 0.538. The molecule has 0 amide bonds. The Kier molecular flexibility index (Phi) is 4.00. The van der Waals surface area contributed by atoms with Gasteiger partial charge in [0.2, 0.25) is 0 Å². The number of halogens is 1. The molecule has 0 saturated carbocycles. The van der Waals surface area contributed by atoms with Crippen LogP contribution in [0.5, 0.6) is 0 Å². The van der Waals surface area contributed by atoms with E-state index in [4.69, 9.17) is 4.74 Å². The number of aliphatic hydroxyl groups excluding tert-OH is 1. The Bertz CT molecular complexity index is 370. The second kappa shape index (κ2) is 5.30. The van der Waals surface area contributed by atoms with Crippen molar-refractivity contribution in [2.24, 2.45) is 0 Å². The average Bonchev–Trinajstić information content (AvgIpc) is 2.29. The number of aryl methyl sites for hydroxylation is 1. The van der Waals surface area contributed by atoms with Crippen molar-refractivity contribution in [2.45, 2.75) is 32.3 Å². The molecule has 1 fully saturated rings. The van der Waals surface area contributed by atoms with Crippen molar-refractivity contribution >= 4 is 15.9 Å². The van der Waals surface area contributed by atoms with Gasteiger partial charge in [-0.25, -0.2) is 0 Å². The normalized spacial score (nSPS) is 17.7. The third-order valence-corrected chi connectivity index (χ3v) is 3.70. The maximum Gasteiger partial charge on any atom is 0.0685 e. The number of ether oxygens (including phenoxy) is 1. The first-order valence-electron chi connectivity index (χ1n) is 5.70. The molecule has 2 rings (SSSR count). The van der Waals surface area contributed by atoms with Gasteiger partial charge in [-0.3, -0.25) is 0 Å². The first-order valence-corrected chi connectivity index (χ1v) is 6.49. The van der Waals surface area contributed by atoms with E-state index in [1.807, 2.05) is 6.07 Å². The molecule has 0 aliphatic carbocycles. The summed E-state index contributed by atoms with van der Waals surface area (Å²) in [6, 6.07) is 4.15. The van der Waals surface area contributed by atoms with E-state index >= 15 is 0 Å². The Morgan fingerprint density at radius 3 is 2.69 bits per heavy atom. The predicted octanol–water partition coefficient (Wildman–Crippen LogP) is 3.14. The number of benzene rings is 1. The molecule has 1 aliphatic rings. The summed E-state index contributed by atoms with van der Waals surface area (Å²) in [4.78, 5) is 0. The van der Waals surface area contributed by atoms with Gasteiger partial charge in [0.05, 0.1) is 6.61 Å². The average molecular weight is 285 g/mol. The van der Waals surface area contributed by atoms with Crippen molar-refractivity contribution in [3.05, 3.63) is 33.3 Å². The number of aliphatic hydroxyl groups is 1. The minimum Gasteiger partial charge on any atom is -0.392 e. The molecule has 1 N–H and O–H groups in total. The van der Waals surface area contributed by atoms with Crippen LogP contribution in [0.25, 0.3) is 0 Å². The van der Waals surface area contributed by atoms with Crippen molar-refractivity contribution in [1.82, 2.24) is 0 Å². The highest BCUT2D eigenvalue weighted by Crippen LogP contribution is 2.33. The summed E-state index contributed by atoms with van der Waals surface area (Å²) in [6.07, 6.45) is 2.13. The van der Waals surface area contributed by atoms with Gasteiger partial charge >= 0.3 is 0 Å². The molecule has 1 aromatic rings. The van der Waals surface area contributed by atoms with Crippen LogP contribution in [0.4, 0.5) is 0 Å². The third kappa shape index (κ3) is 2.47. The maximum absolute atomic E-state index is 9.45. The van der Waals surface area contributed by atoms with Crippen molar-refractivity contribution in [2.75, 3.05) is 13.2 Å². The van der Waals surface area contributed by atoms with E-state index in [0.29, 0.717) is 5.92 Å². The lowest BCUT2D eigenvalue weighted by atomic mass is 9.85. The van der Waals surface area contributed by atoms with E-state index in [0.717, 1.165) is 36.1 Å². The molecular formula is C13H17BrO2. The van der Waals surface area contributed by atoms with Crippen LogP contribution < -0.4 is 0 Å². The van der Waals surface area contributed by atoms with E-state index in [2.05, 4.69) is 28.9 Å². The molecule has 16 heavy (non-hydrogen) atoms. The summed E-state index contributed by atoms with van der Waals surface area (Å²) in [5.41, 5.74) is 3.65. The third-order valence-electron chi connectivity index (χ3n) is 3.24. The Morgan fingerprint density at radius 1 is 1.38 bits per heavy atom. The van der Waals surface area contributed by atoms with Crippen molar-refractivity contribution in [3.63, 3.8) is 0 Å². The largest absolute Gasteiger partial charge is 0.392 e. The Labute approximate surface area is 105 Å². The zero-order chi connectivity index (χ0) is 11.5. The lowest BCUT2D eigenvalue weighted by Gasteiger charge is -2.26. The van der Waals surface area contributed by atoms with Crippen molar-refractivity contribution < 1.29 is 9.84 Å². The Balaban J connectivity index is 2.37. The van der Waals surface area contributed by atoms with Gasteiger partial charge in [0.25, 0.3) is 0 Å². The van der Waals surface area contributed by atoms with Gasteiger partial charge in [-0.2, -0.15) is 0 Å². The van der Waals surface area contributed by atoms with Crippen molar-refractivity contribution in [3.8, 4) is 0 Å². The number of rotatable bonds is 2. The SMILES string of the molecule is Cc1cc(Br)cc(CO)c1C1CCOCC1. The summed E-state index contributed by atoms with van der Waals surface area (Å²) >= 11 is 3.48. The highest BCUT2D eigenvalue weighted by atomic mass is 79.9. The van der Waals surface area contributed by atoms with E-state index in [-0.39, 0.29) is 6.61 Å². The molecule has 1 saturated heterocycles. The van der Waals surface area contributed by atoms with Gasteiger partial charge in [-0.05, 0) is 54.5 Å². The standard InChI is InChI=1S/C13H17BrO2/c1-9-6-12(14)7-11(8-15)13(9)10-2-4-16-5-3-10/h6-7,10,15H,2-5,8H2,1H3. The van der Waals surface area contributed by atoms with Crippen LogP contribution in [-0.4, -0.2) is 18.3 Å². The Morgan fingerprint density at radius 2 is 2.06 bits per heavy atom. The zero-order valence-corrected chi connectivity index (χ0v) is 11.1. The van der Waals surface area contributed by atoms with Crippen LogP contribution in [-0.2, 0) is 11.3 Å². The van der Waals surface area contributed by atoms with Crippen LogP contribution in [0.3, 0.4) is 0 Å². The molecule has 0 bridgehead atoms. The molecule has 1 aromatic carbocycles. The van der Waals surface area contributed by atoms with Crippen LogP contribution in [0.1, 0.15) is 35.4 Å². The van der Waals surface area contributed by atoms with Crippen molar-refractivity contribution in [1.29, 1.82) is 0 Å². The number of hydrogen-bond donors (Lipinski definition) is 1. The van der Waals surface area contributed by atoms with E-state index in [9.17, 15) is 5.11 Å². The smallest absolute Gasteiger partial charge is 0.0685 e. The predicted molar refractivity (Wildman–Crippen MR) is 67.6 cm³/mol. The quantitative estimate of drug-likeness (QED) is 0.904.